The molecule has 0 aromatic heterocycles. The van der Waals surface area contributed by atoms with E-state index < -0.39 is 21.9 Å². The lowest BCUT2D eigenvalue weighted by Gasteiger charge is -2.23. The zero-order valence-electron chi connectivity index (χ0n) is 16.6. The van der Waals surface area contributed by atoms with E-state index in [2.05, 4.69) is 5.32 Å². The lowest BCUT2D eigenvalue weighted by atomic mass is 10.1. The monoisotopic (exact) mass is 468 g/mol. The van der Waals surface area contributed by atoms with Crippen molar-refractivity contribution in [2.45, 2.75) is 30.2 Å². The Morgan fingerprint density at radius 2 is 1.94 bits per heavy atom. The van der Waals surface area contributed by atoms with Crippen LogP contribution in [0.5, 0.6) is 11.5 Å². The van der Waals surface area contributed by atoms with E-state index >= 15 is 0 Å². The van der Waals surface area contributed by atoms with Crippen LogP contribution in [-0.4, -0.2) is 51.0 Å². The molecule has 1 atom stereocenters. The van der Waals surface area contributed by atoms with Crippen LogP contribution >= 0.6 is 11.6 Å². The molecule has 0 radical (unpaired) electrons. The van der Waals surface area contributed by atoms with E-state index in [-0.39, 0.29) is 17.3 Å². The van der Waals surface area contributed by atoms with Gasteiger partial charge in [0.1, 0.15) is 25.1 Å². The molecule has 1 unspecified atom stereocenters. The summed E-state index contributed by atoms with van der Waals surface area (Å²) in [6, 6.07) is 7.41. The van der Waals surface area contributed by atoms with E-state index in [1.54, 1.807) is 6.07 Å². The third-order valence-corrected chi connectivity index (χ3v) is 7.50. The fourth-order valence-electron chi connectivity index (χ4n) is 3.79. The number of sulfonamides is 1. The van der Waals surface area contributed by atoms with Crippen molar-refractivity contribution in [3.8, 4) is 11.5 Å². The summed E-state index contributed by atoms with van der Waals surface area (Å²) >= 11 is 6.24. The number of halogens is 2. The van der Waals surface area contributed by atoms with Crippen LogP contribution in [0.3, 0.4) is 0 Å². The first-order valence-corrected chi connectivity index (χ1v) is 11.8. The van der Waals surface area contributed by atoms with Gasteiger partial charge in [-0.1, -0.05) is 11.6 Å². The van der Waals surface area contributed by atoms with Gasteiger partial charge in [-0.2, -0.15) is 4.31 Å². The topological polar surface area (TPSA) is 84.9 Å². The number of rotatable bonds is 6. The molecule has 2 aromatic carbocycles. The third kappa shape index (κ3) is 4.63. The molecular formula is C21H22ClFN2O5S. The van der Waals surface area contributed by atoms with Gasteiger partial charge in [-0.3, -0.25) is 4.79 Å². The van der Waals surface area contributed by atoms with Gasteiger partial charge in [0.15, 0.2) is 11.5 Å². The number of ether oxygens (including phenoxy) is 2. The first kappa shape index (κ1) is 21.9. The van der Waals surface area contributed by atoms with Crippen molar-refractivity contribution in [2.75, 3.05) is 26.3 Å². The molecule has 2 aliphatic rings. The van der Waals surface area contributed by atoms with Gasteiger partial charge in [-0.25, -0.2) is 12.8 Å². The van der Waals surface area contributed by atoms with Crippen molar-refractivity contribution in [1.82, 2.24) is 9.62 Å². The maximum absolute atomic E-state index is 13.2. The summed E-state index contributed by atoms with van der Waals surface area (Å²) in [6.45, 7) is 1.45. The normalized spacial score (nSPS) is 18.7. The predicted molar refractivity (Wildman–Crippen MR) is 112 cm³/mol. The molecule has 0 saturated carbocycles. The van der Waals surface area contributed by atoms with Crippen LogP contribution in [0.4, 0.5) is 4.39 Å². The summed E-state index contributed by atoms with van der Waals surface area (Å²) < 4.78 is 51.2. The summed E-state index contributed by atoms with van der Waals surface area (Å²) in [4.78, 5) is 12.7. The number of hydrogen-bond donors (Lipinski definition) is 1. The van der Waals surface area contributed by atoms with E-state index in [9.17, 15) is 17.6 Å². The number of nitrogens with zero attached hydrogens (tertiary/aromatic N) is 1. The summed E-state index contributed by atoms with van der Waals surface area (Å²) in [5.74, 6) is 0.224. The van der Waals surface area contributed by atoms with Gasteiger partial charge in [0, 0.05) is 13.1 Å². The quantitative estimate of drug-likeness (QED) is 0.704. The van der Waals surface area contributed by atoms with Crippen molar-refractivity contribution in [1.29, 1.82) is 0 Å². The van der Waals surface area contributed by atoms with Crippen molar-refractivity contribution in [3.05, 3.63) is 52.8 Å². The standard InChI is InChI=1S/C21H22ClFN2O5S/c22-17-12-14(13-19-20(17)30-11-10-29-19)7-8-24-21(26)18-2-1-9-25(18)31(27,28)16-5-3-15(23)4-6-16/h3-6,12-13,18H,1-2,7-11H2,(H,24,26). The minimum atomic E-state index is -3.88. The Bertz CT molecular complexity index is 1080. The summed E-state index contributed by atoms with van der Waals surface area (Å²) in [5.41, 5.74) is 0.872. The fraction of sp³-hybridized carbons (Fsp3) is 0.381. The van der Waals surface area contributed by atoms with E-state index in [0.29, 0.717) is 55.5 Å². The van der Waals surface area contributed by atoms with Crippen molar-refractivity contribution < 1.29 is 27.1 Å². The van der Waals surface area contributed by atoms with E-state index in [1.165, 1.54) is 16.4 Å². The lowest BCUT2D eigenvalue weighted by Crippen LogP contribution is -2.46. The average Bonchev–Trinajstić information content (AvgIpc) is 3.25. The van der Waals surface area contributed by atoms with Crippen molar-refractivity contribution in [2.24, 2.45) is 0 Å². The molecule has 0 aliphatic carbocycles. The van der Waals surface area contributed by atoms with Crippen LogP contribution in [0.2, 0.25) is 5.02 Å². The minimum absolute atomic E-state index is 0.0282. The van der Waals surface area contributed by atoms with Crippen molar-refractivity contribution in [3.63, 3.8) is 0 Å². The van der Waals surface area contributed by atoms with Gasteiger partial charge in [0.2, 0.25) is 15.9 Å². The molecule has 1 saturated heterocycles. The Balaban J connectivity index is 1.39. The smallest absolute Gasteiger partial charge is 0.243 e. The molecule has 0 bridgehead atoms. The van der Waals surface area contributed by atoms with Crippen LogP contribution in [0.1, 0.15) is 18.4 Å². The second kappa shape index (κ2) is 9.02. The molecule has 0 spiro atoms. The molecule has 4 rings (SSSR count). The first-order chi connectivity index (χ1) is 14.9. The highest BCUT2D eigenvalue weighted by atomic mass is 35.5. The van der Waals surface area contributed by atoms with Gasteiger partial charge in [0.25, 0.3) is 0 Å². The van der Waals surface area contributed by atoms with Gasteiger partial charge in [0.05, 0.1) is 9.92 Å². The molecular weight excluding hydrogens is 447 g/mol. The summed E-state index contributed by atoms with van der Waals surface area (Å²) in [7, 11) is -3.88. The molecule has 166 valence electrons. The Kier molecular flexibility index (Phi) is 6.36. The van der Waals surface area contributed by atoms with Gasteiger partial charge >= 0.3 is 0 Å². The molecule has 1 N–H and O–H groups in total. The molecule has 2 heterocycles. The summed E-state index contributed by atoms with van der Waals surface area (Å²) in [5, 5.41) is 3.26. The maximum Gasteiger partial charge on any atom is 0.243 e. The maximum atomic E-state index is 13.2. The number of fused-ring (bicyclic) bond motifs is 1. The average molecular weight is 469 g/mol. The van der Waals surface area contributed by atoms with E-state index in [4.69, 9.17) is 21.1 Å². The number of amides is 1. The van der Waals surface area contributed by atoms with Gasteiger partial charge < -0.3 is 14.8 Å². The SMILES string of the molecule is O=C(NCCc1cc(Cl)c2c(c1)OCCO2)C1CCCN1S(=O)(=O)c1ccc(F)cc1. The third-order valence-electron chi connectivity index (χ3n) is 5.30. The fourth-order valence-corrected chi connectivity index (χ4v) is 5.73. The highest BCUT2D eigenvalue weighted by molar-refractivity contribution is 7.89. The lowest BCUT2D eigenvalue weighted by molar-refractivity contribution is -0.124. The van der Waals surface area contributed by atoms with Crippen LogP contribution in [0, 0.1) is 5.82 Å². The first-order valence-electron chi connectivity index (χ1n) is 9.99. The van der Waals surface area contributed by atoms with Crippen LogP contribution in [0.15, 0.2) is 41.3 Å². The van der Waals surface area contributed by atoms with Crippen LogP contribution < -0.4 is 14.8 Å². The van der Waals surface area contributed by atoms with Crippen LogP contribution in [0.25, 0.3) is 0 Å². The molecule has 2 aliphatic heterocycles. The van der Waals surface area contributed by atoms with Gasteiger partial charge in [-0.15, -0.1) is 0 Å². The Labute approximate surface area is 185 Å². The number of hydrogen-bond acceptors (Lipinski definition) is 5. The number of carbonyl (C=O) groups is 1. The number of nitrogens with one attached hydrogen (secondary N) is 1. The van der Waals surface area contributed by atoms with Crippen LogP contribution in [-0.2, 0) is 21.2 Å². The number of benzene rings is 2. The molecule has 2 aromatic rings. The minimum Gasteiger partial charge on any atom is -0.486 e. The summed E-state index contributed by atoms with van der Waals surface area (Å²) in [6.07, 6.45) is 1.51. The second-order valence-electron chi connectivity index (χ2n) is 7.37. The molecule has 7 nitrogen and oxygen atoms in total. The zero-order chi connectivity index (χ0) is 22.0. The van der Waals surface area contributed by atoms with E-state index in [0.717, 1.165) is 17.7 Å². The molecule has 10 heteroatoms. The molecule has 31 heavy (non-hydrogen) atoms. The highest BCUT2D eigenvalue weighted by Crippen LogP contribution is 2.38. The largest absolute Gasteiger partial charge is 0.486 e. The van der Waals surface area contributed by atoms with E-state index in [1.807, 2.05) is 6.07 Å². The number of carbonyl (C=O) groups excluding carboxylic acids is 1. The molecule has 1 fully saturated rings. The van der Waals surface area contributed by atoms with Crippen molar-refractivity contribution >= 4 is 27.5 Å². The Morgan fingerprint density at radius 1 is 1.19 bits per heavy atom. The zero-order valence-corrected chi connectivity index (χ0v) is 18.2. The molecule has 1 amide bonds. The predicted octanol–water partition coefficient (Wildman–Crippen LogP) is 2.76. The van der Waals surface area contributed by atoms with Gasteiger partial charge in [-0.05, 0) is 61.2 Å². The highest BCUT2D eigenvalue weighted by Gasteiger charge is 2.39. The Hall–Kier alpha value is -2.36. The Morgan fingerprint density at radius 3 is 2.71 bits per heavy atom. The second-order valence-corrected chi connectivity index (χ2v) is 9.67.